The van der Waals surface area contributed by atoms with E-state index in [-0.39, 0.29) is 0 Å². The van der Waals surface area contributed by atoms with Crippen molar-refractivity contribution in [2.24, 2.45) is 0 Å². The van der Waals surface area contributed by atoms with Crippen LogP contribution < -0.4 is 0 Å². The molecule has 0 unspecified atom stereocenters. The molecule has 0 bridgehead atoms. The number of benzene rings is 2. The lowest BCUT2D eigenvalue weighted by Gasteiger charge is -2.39. The Bertz CT molecular complexity index is 644. The fraction of sp³-hybridized carbons (Fsp3) is 0.647. The maximum Gasteiger partial charge on any atom is 0.105 e. The van der Waals surface area contributed by atoms with E-state index < -0.39 is 0 Å². The SMILES string of the molecule is CCCCCCCCCC[N+](CCCCCCCCCC)(Cc1ccccc1)Cc1ccccc1. The number of rotatable bonds is 22. The molecule has 35 heavy (non-hydrogen) atoms. The molecule has 0 aliphatic rings. The summed E-state index contributed by atoms with van der Waals surface area (Å²) in [6.45, 7) is 9.59. The summed E-state index contributed by atoms with van der Waals surface area (Å²) in [5.74, 6) is 0. The zero-order chi connectivity index (χ0) is 24.9. The summed E-state index contributed by atoms with van der Waals surface area (Å²) in [5, 5.41) is 0. The lowest BCUT2D eigenvalue weighted by molar-refractivity contribution is -0.954. The van der Waals surface area contributed by atoms with Gasteiger partial charge in [0.2, 0.25) is 0 Å². The van der Waals surface area contributed by atoms with Crippen molar-refractivity contribution in [2.45, 2.75) is 130 Å². The Morgan fingerprint density at radius 1 is 0.400 bits per heavy atom. The molecule has 1 nitrogen and oxygen atoms in total. The van der Waals surface area contributed by atoms with E-state index in [2.05, 4.69) is 74.5 Å². The molecule has 0 aliphatic carbocycles. The maximum atomic E-state index is 2.35. The van der Waals surface area contributed by atoms with Gasteiger partial charge in [0.1, 0.15) is 13.1 Å². The normalized spacial score (nSPS) is 11.7. The van der Waals surface area contributed by atoms with Crippen LogP contribution in [0.25, 0.3) is 0 Å². The molecule has 0 aliphatic heterocycles. The van der Waals surface area contributed by atoms with E-state index in [9.17, 15) is 0 Å². The number of unbranched alkanes of at least 4 members (excludes halogenated alkanes) is 14. The smallest absolute Gasteiger partial charge is 0.105 e. The van der Waals surface area contributed by atoms with Crippen LogP contribution in [0.3, 0.4) is 0 Å². The Morgan fingerprint density at radius 3 is 1.06 bits per heavy atom. The summed E-state index contributed by atoms with van der Waals surface area (Å²) in [4.78, 5) is 0. The zero-order valence-corrected chi connectivity index (χ0v) is 23.4. The molecule has 0 spiro atoms. The van der Waals surface area contributed by atoms with Crippen LogP contribution in [-0.2, 0) is 13.1 Å². The standard InChI is InChI=1S/C34H56N/c1-3-5-7-9-11-13-15-23-29-35(31-33-25-19-17-20-26-33,32-34-27-21-18-22-28-34)30-24-16-14-12-10-8-6-4-2/h17-22,25-28H,3-16,23-24,29-32H2,1-2H3/q+1. The first kappa shape index (κ1) is 29.6. The first-order valence-electron chi connectivity index (χ1n) is 15.2. The van der Waals surface area contributed by atoms with E-state index >= 15 is 0 Å². The van der Waals surface area contributed by atoms with Crippen LogP contribution in [0.4, 0.5) is 0 Å². The van der Waals surface area contributed by atoms with E-state index in [4.69, 9.17) is 0 Å². The highest BCUT2D eigenvalue weighted by molar-refractivity contribution is 5.15. The van der Waals surface area contributed by atoms with Gasteiger partial charge in [-0.05, 0) is 25.7 Å². The molecule has 1 heteroatoms. The van der Waals surface area contributed by atoms with Gasteiger partial charge in [-0.1, -0.05) is 152 Å². The van der Waals surface area contributed by atoms with Crippen LogP contribution in [0.15, 0.2) is 60.7 Å². The highest BCUT2D eigenvalue weighted by Crippen LogP contribution is 2.24. The molecule has 0 aromatic heterocycles. The number of quaternary nitrogens is 1. The summed E-state index contributed by atoms with van der Waals surface area (Å²) in [6, 6.07) is 22.6. The number of hydrogen-bond acceptors (Lipinski definition) is 0. The third-order valence-corrected chi connectivity index (χ3v) is 7.69. The van der Waals surface area contributed by atoms with Gasteiger partial charge < -0.3 is 4.48 Å². The minimum Gasteiger partial charge on any atom is -0.316 e. The predicted molar refractivity (Wildman–Crippen MR) is 156 cm³/mol. The highest BCUT2D eigenvalue weighted by atomic mass is 15.3. The summed E-state index contributed by atoms with van der Waals surface area (Å²) in [7, 11) is 0. The van der Waals surface area contributed by atoms with Gasteiger partial charge >= 0.3 is 0 Å². The van der Waals surface area contributed by atoms with E-state index in [0.29, 0.717) is 0 Å². The quantitative estimate of drug-likeness (QED) is 0.117. The average molecular weight is 479 g/mol. The molecule has 0 N–H and O–H groups in total. The molecule has 0 fully saturated rings. The van der Waals surface area contributed by atoms with Gasteiger partial charge in [-0.3, -0.25) is 0 Å². The molecule has 0 heterocycles. The van der Waals surface area contributed by atoms with Crippen molar-refractivity contribution in [3.05, 3.63) is 71.8 Å². The van der Waals surface area contributed by atoms with Crippen molar-refractivity contribution in [3.8, 4) is 0 Å². The Labute approximate surface area is 218 Å². The fourth-order valence-electron chi connectivity index (χ4n) is 5.59. The van der Waals surface area contributed by atoms with Crippen LogP contribution in [-0.4, -0.2) is 17.6 Å². The summed E-state index contributed by atoms with van der Waals surface area (Å²) in [6.07, 6.45) is 22.4. The zero-order valence-electron chi connectivity index (χ0n) is 23.4. The summed E-state index contributed by atoms with van der Waals surface area (Å²) >= 11 is 0. The van der Waals surface area contributed by atoms with Crippen molar-refractivity contribution in [1.29, 1.82) is 0 Å². The van der Waals surface area contributed by atoms with Gasteiger partial charge in [-0.25, -0.2) is 0 Å². The van der Waals surface area contributed by atoms with Crippen LogP contribution >= 0.6 is 0 Å². The highest BCUT2D eigenvalue weighted by Gasteiger charge is 2.27. The minimum absolute atomic E-state index is 1.17. The number of nitrogens with zero attached hydrogens (tertiary/aromatic N) is 1. The molecule has 0 saturated heterocycles. The Morgan fingerprint density at radius 2 is 0.714 bits per heavy atom. The number of hydrogen-bond donors (Lipinski definition) is 0. The Balaban J connectivity index is 1.97. The summed E-state index contributed by atoms with van der Waals surface area (Å²) < 4.78 is 1.22. The van der Waals surface area contributed by atoms with Crippen LogP contribution in [0, 0.1) is 0 Å². The minimum atomic E-state index is 1.17. The molecule has 2 rings (SSSR count). The van der Waals surface area contributed by atoms with Gasteiger partial charge in [-0.15, -0.1) is 0 Å². The maximum absolute atomic E-state index is 2.35. The monoisotopic (exact) mass is 478 g/mol. The van der Waals surface area contributed by atoms with Crippen LogP contribution in [0.2, 0.25) is 0 Å². The molecule has 2 aromatic rings. The van der Waals surface area contributed by atoms with Gasteiger partial charge in [0, 0.05) is 11.1 Å². The van der Waals surface area contributed by atoms with Crippen LogP contribution in [0.5, 0.6) is 0 Å². The van der Waals surface area contributed by atoms with E-state index in [1.165, 1.54) is 145 Å². The predicted octanol–water partition coefficient (Wildman–Crippen LogP) is 10.5. The third-order valence-electron chi connectivity index (χ3n) is 7.69. The lowest BCUT2D eigenvalue weighted by Crippen LogP contribution is -2.48. The van der Waals surface area contributed by atoms with E-state index in [0.717, 1.165) is 0 Å². The van der Waals surface area contributed by atoms with Crippen molar-refractivity contribution < 1.29 is 4.48 Å². The first-order chi connectivity index (χ1) is 17.3. The third kappa shape index (κ3) is 13.9. The Kier molecular flexibility index (Phi) is 16.6. The van der Waals surface area contributed by atoms with Gasteiger partial charge in [0.05, 0.1) is 13.1 Å². The second-order valence-electron chi connectivity index (χ2n) is 11.0. The van der Waals surface area contributed by atoms with E-state index in [1.54, 1.807) is 0 Å². The molecule has 2 aromatic carbocycles. The van der Waals surface area contributed by atoms with Crippen molar-refractivity contribution in [1.82, 2.24) is 0 Å². The van der Waals surface area contributed by atoms with Crippen molar-refractivity contribution >= 4 is 0 Å². The average Bonchev–Trinajstić information content (AvgIpc) is 2.88. The molecule has 0 saturated carbocycles. The van der Waals surface area contributed by atoms with Gasteiger partial charge in [0.25, 0.3) is 0 Å². The Hall–Kier alpha value is -1.60. The lowest BCUT2D eigenvalue weighted by atomic mass is 10.0. The van der Waals surface area contributed by atoms with Crippen LogP contribution in [0.1, 0.15) is 128 Å². The largest absolute Gasteiger partial charge is 0.316 e. The molecule has 0 amide bonds. The van der Waals surface area contributed by atoms with E-state index in [1.807, 2.05) is 0 Å². The molecular weight excluding hydrogens is 422 g/mol. The van der Waals surface area contributed by atoms with Gasteiger partial charge in [0.15, 0.2) is 0 Å². The second-order valence-corrected chi connectivity index (χ2v) is 11.0. The van der Waals surface area contributed by atoms with Crippen molar-refractivity contribution in [2.75, 3.05) is 13.1 Å². The van der Waals surface area contributed by atoms with Crippen molar-refractivity contribution in [3.63, 3.8) is 0 Å². The van der Waals surface area contributed by atoms with Gasteiger partial charge in [-0.2, -0.15) is 0 Å². The molecular formula is C34H56N+. The molecule has 0 atom stereocenters. The topological polar surface area (TPSA) is 0 Å². The molecule has 196 valence electrons. The molecule has 0 radical (unpaired) electrons. The fourth-order valence-corrected chi connectivity index (χ4v) is 5.59. The summed E-state index contributed by atoms with van der Waals surface area (Å²) in [5.41, 5.74) is 3.00. The first-order valence-corrected chi connectivity index (χ1v) is 15.2. The second kappa shape index (κ2) is 19.6.